The number of ether oxygens (including phenoxy) is 4. The molecule has 2 aromatic carbocycles. The van der Waals surface area contributed by atoms with Gasteiger partial charge in [-0.05, 0) is 68.9 Å². The smallest absolute Gasteiger partial charge is 0.125 e. The summed E-state index contributed by atoms with van der Waals surface area (Å²) in [6.45, 7) is 1.37. The lowest BCUT2D eigenvalue weighted by Crippen LogP contribution is -2.40. The van der Waals surface area contributed by atoms with Crippen LogP contribution >= 0.6 is 0 Å². The van der Waals surface area contributed by atoms with Crippen LogP contribution in [0.15, 0.2) is 30.3 Å². The van der Waals surface area contributed by atoms with E-state index in [1.54, 1.807) is 0 Å². The van der Waals surface area contributed by atoms with Gasteiger partial charge >= 0.3 is 0 Å². The molecule has 2 aromatic rings. The lowest BCUT2D eigenvalue weighted by Gasteiger charge is -2.41. The second-order valence-corrected chi connectivity index (χ2v) is 9.47. The van der Waals surface area contributed by atoms with Crippen molar-refractivity contribution in [3.8, 4) is 23.0 Å². The summed E-state index contributed by atoms with van der Waals surface area (Å²) in [5, 5.41) is 22.7. The number of hydrogen-bond donors (Lipinski definition) is 2. The van der Waals surface area contributed by atoms with E-state index in [2.05, 4.69) is 0 Å². The van der Waals surface area contributed by atoms with Crippen LogP contribution in [0.3, 0.4) is 0 Å². The van der Waals surface area contributed by atoms with Crippen molar-refractivity contribution < 1.29 is 29.2 Å². The van der Waals surface area contributed by atoms with Crippen LogP contribution in [0.25, 0.3) is 0 Å². The van der Waals surface area contributed by atoms with Gasteiger partial charge in [-0.2, -0.15) is 0 Å². The quantitative estimate of drug-likeness (QED) is 0.751. The van der Waals surface area contributed by atoms with Crippen LogP contribution in [0, 0.1) is 11.8 Å². The normalized spacial score (nSPS) is 29.1. The predicted octanol–water partition coefficient (Wildman–Crippen LogP) is 4.12. The Morgan fingerprint density at radius 3 is 2.34 bits per heavy atom. The fraction of sp³-hybridized carbons (Fsp3) is 0.538. The van der Waals surface area contributed by atoms with Crippen molar-refractivity contribution in [1.29, 1.82) is 0 Å². The molecule has 0 spiro atoms. The molecule has 0 saturated heterocycles. The zero-order valence-electron chi connectivity index (χ0n) is 18.2. The van der Waals surface area contributed by atoms with Gasteiger partial charge in [-0.25, -0.2) is 0 Å². The van der Waals surface area contributed by atoms with E-state index in [0.29, 0.717) is 25.6 Å². The van der Waals surface area contributed by atoms with Gasteiger partial charge in [0, 0.05) is 28.5 Å². The van der Waals surface area contributed by atoms with Crippen LogP contribution in [0.1, 0.15) is 61.0 Å². The fourth-order valence-corrected chi connectivity index (χ4v) is 5.77. The van der Waals surface area contributed by atoms with E-state index < -0.39 is 12.2 Å². The number of aliphatic hydroxyl groups excluding tert-OH is 2. The van der Waals surface area contributed by atoms with E-state index in [9.17, 15) is 10.2 Å². The third kappa shape index (κ3) is 3.41. The van der Waals surface area contributed by atoms with Gasteiger partial charge in [0.25, 0.3) is 0 Å². The molecule has 0 amide bonds. The molecule has 0 unspecified atom stereocenters. The molecule has 0 aromatic heterocycles. The topological polar surface area (TPSA) is 77.4 Å². The maximum atomic E-state index is 11.4. The van der Waals surface area contributed by atoms with Crippen LogP contribution in [0.5, 0.6) is 23.0 Å². The molecule has 1 fully saturated rings. The second kappa shape index (κ2) is 8.16. The number of benzene rings is 2. The van der Waals surface area contributed by atoms with E-state index in [1.807, 2.05) is 30.3 Å². The van der Waals surface area contributed by atoms with Crippen molar-refractivity contribution in [2.45, 2.75) is 56.8 Å². The molecular weight excluding hydrogens is 408 g/mol. The Hall–Kier alpha value is -2.44. The third-order valence-electron chi connectivity index (χ3n) is 7.53. The average Bonchev–Trinajstić information content (AvgIpc) is 3.33. The Kier molecular flexibility index (Phi) is 5.15. The minimum Gasteiger partial charge on any atom is -0.493 e. The summed E-state index contributed by atoms with van der Waals surface area (Å²) in [5.41, 5.74) is 2.58. The highest BCUT2D eigenvalue weighted by molar-refractivity contribution is 5.52. The van der Waals surface area contributed by atoms with Gasteiger partial charge in [0.05, 0.1) is 38.1 Å². The van der Waals surface area contributed by atoms with Crippen LogP contribution in [-0.4, -0.2) is 36.1 Å². The van der Waals surface area contributed by atoms with Gasteiger partial charge in [-0.15, -0.1) is 0 Å². The summed E-state index contributed by atoms with van der Waals surface area (Å²) in [5.74, 6) is 2.45. The maximum absolute atomic E-state index is 11.4. The minimum atomic E-state index is -0.758. The number of fused-ring (bicyclic) bond motifs is 4. The van der Waals surface area contributed by atoms with Crippen molar-refractivity contribution >= 4 is 0 Å². The molecule has 6 heteroatoms. The zero-order chi connectivity index (χ0) is 21.7. The molecule has 1 aliphatic carbocycles. The van der Waals surface area contributed by atoms with Gasteiger partial charge in [0.15, 0.2) is 0 Å². The third-order valence-corrected chi connectivity index (χ3v) is 7.53. The summed E-state index contributed by atoms with van der Waals surface area (Å²) in [6.07, 6.45) is 5.12. The van der Waals surface area contributed by atoms with Gasteiger partial charge < -0.3 is 29.2 Å². The first kappa shape index (κ1) is 20.2. The molecule has 1 saturated carbocycles. The van der Waals surface area contributed by atoms with Crippen LogP contribution in [0.4, 0.5) is 0 Å². The first-order chi connectivity index (χ1) is 15.7. The monoisotopic (exact) mass is 438 g/mol. The second-order valence-electron chi connectivity index (χ2n) is 9.47. The van der Waals surface area contributed by atoms with Crippen molar-refractivity contribution in [1.82, 2.24) is 0 Å². The van der Waals surface area contributed by atoms with E-state index in [-0.39, 0.29) is 17.9 Å². The van der Waals surface area contributed by atoms with E-state index in [0.717, 1.165) is 59.6 Å². The van der Waals surface area contributed by atoms with Crippen molar-refractivity contribution in [2.24, 2.45) is 11.8 Å². The molecule has 32 heavy (non-hydrogen) atoms. The SMILES string of the molecule is O[C@@H]1c2cc(OC3CCCC3)ccc2OC[C@@H]1[C@H]1COc2ccc3c(c2[C@@H]1O)CCCO3. The summed E-state index contributed by atoms with van der Waals surface area (Å²) < 4.78 is 24.0. The molecule has 0 bridgehead atoms. The zero-order valence-corrected chi connectivity index (χ0v) is 18.2. The lowest BCUT2D eigenvalue weighted by molar-refractivity contribution is -0.0557. The standard InChI is InChI=1S/C26H30O6/c27-25-18-12-16(32-15-4-1-2-5-15)7-8-22(18)30-13-19(25)20-14-31-23-10-9-21-17(6-3-11-29-21)24(23)26(20)28/h7-10,12,15,19-20,25-28H,1-6,11,13-14H2/t19-,20-,25-,26-/m1/s1. The van der Waals surface area contributed by atoms with Crippen molar-refractivity contribution in [3.05, 3.63) is 47.0 Å². The van der Waals surface area contributed by atoms with Crippen LogP contribution in [-0.2, 0) is 6.42 Å². The largest absolute Gasteiger partial charge is 0.493 e. The number of aliphatic hydroxyl groups is 2. The molecule has 4 atom stereocenters. The first-order valence-corrected chi connectivity index (χ1v) is 11.9. The first-order valence-electron chi connectivity index (χ1n) is 11.9. The maximum Gasteiger partial charge on any atom is 0.125 e. The van der Waals surface area contributed by atoms with Gasteiger partial charge in [0.2, 0.25) is 0 Å². The van der Waals surface area contributed by atoms with Gasteiger partial charge in [-0.3, -0.25) is 0 Å². The Morgan fingerprint density at radius 1 is 0.781 bits per heavy atom. The van der Waals surface area contributed by atoms with E-state index in [4.69, 9.17) is 18.9 Å². The molecule has 6 nitrogen and oxygen atoms in total. The highest BCUT2D eigenvalue weighted by Crippen LogP contribution is 2.49. The molecule has 170 valence electrons. The summed E-state index contributed by atoms with van der Waals surface area (Å²) in [7, 11) is 0. The molecule has 4 aliphatic rings. The Morgan fingerprint density at radius 2 is 1.50 bits per heavy atom. The van der Waals surface area contributed by atoms with Gasteiger partial charge in [0.1, 0.15) is 23.0 Å². The average molecular weight is 439 g/mol. The summed E-state index contributed by atoms with van der Waals surface area (Å²) >= 11 is 0. The van der Waals surface area contributed by atoms with Crippen molar-refractivity contribution in [2.75, 3.05) is 19.8 Å². The molecule has 0 radical (unpaired) electrons. The molecule has 3 heterocycles. The van der Waals surface area contributed by atoms with E-state index >= 15 is 0 Å². The lowest BCUT2D eigenvalue weighted by atomic mass is 9.76. The molecule has 2 N–H and O–H groups in total. The van der Waals surface area contributed by atoms with Gasteiger partial charge in [-0.1, -0.05) is 0 Å². The Bertz CT molecular complexity index is 998. The highest BCUT2D eigenvalue weighted by atomic mass is 16.5. The summed E-state index contributed by atoms with van der Waals surface area (Å²) in [6, 6.07) is 9.53. The molecule has 6 rings (SSSR count). The minimum absolute atomic E-state index is 0.254. The number of rotatable bonds is 3. The predicted molar refractivity (Wildman–Crippen MR) is 117 cm³/mol. The number of hydrogen-bond acceptors (Lipinski definition) is 6. The van der Waals surface area contributed by atoms with Crippen LogP contribution in [0.2, 0.25) is 0 Å². The van der Waals surface area contributed by atoms with Crippen molar-refractivity contribution in [3.63, 3.8) is 0 Å². The van der Waals surface area contributed by atoms with Crippen LogP contribution < -0.4 is 18.9 Å². The molecular formula is C26H30O6. The fourth-order valence-electron chi connectivity index (χ4n) is 5.77. The Balaban J connectivity index is 1.27. The molecule has 3 aliphatic heterocycles. The van der Waals surface area contributed by atoms with E-state index in [1.165, 1.54) is 12.8 Å². The summed E-state index contributed by atoms with van der Waals surface area (Å²) in [4.78, 5) is 0. The highest BCUT2D eigenvalue weighted by Gasteiger charge is 2.43. The Labute approximate surface area is 188 Å².